The summed E-state index contributed by atoms with van der Waals surface area (Å²) in [6.07, 6.45) is 1.70. The second-order valence-electron chi connectivity index (χ2n) is 3.43. The number of pyridine rings is 2. The van der Waals surface area contributed by atoms with Crippen LogP contribution in [-0.4, -0.2) is 28.3 Å². The van der Waals surface area contributed by atoms with Gasteiger partial charge in [0.1, 0.15) is 5.82 Å². The molecule has 0 aliphatic heterocycles. The fourth-order valence-corrected chi connectivity index (χ4v) is 1.65. The van der Waals surface area contributed by atoms with Crippen LogP contribution in [0, 0.1) is 0 Å². The van der Waals surface area contributed by atoms with Crippen molar-refractivity contribution in [2.45, 2.75) is 6.54 Å². The average molecular weight is 219 g/mol. The molecule has 0 aromatic carbocycles. The fourth-order valence-electron chi connectivity index (χ4n) is 1.65. The lowest BCUT2D eigenvalue weighted by Gasteiger charge is -2.09. The van der Waals surface area contributed by atoms with Gasteiger partial charge in [0.15, 0.2) is 0 Å². The first-order valence-electron chi connectivity index (χ1n) is 5.04. The third-order valence-corrected chi connectivity index (χ3v) is 2.45. The number of nitrogens with zero attached hydrogens (tertiary/aromatic N) is 2. The molecule has 2 heterocycles. The quantitative estimate of drug-likeness (QED) is 0.785. The minimum atomic E-state index is -0.116. The highest BCUT2D eigenvalue weighted by atomic mass is 16.3. The summed E-state index contributed by atoms with van der Waals surface area (Å²) in [5.74, 6) is 0.699. The Morgan fingerprint density at radius 3 is 3.00 bits per heavy atom. The summed E-state index contributed by atoms with van der Waals surface area (Å²) in [5.41, 5.74) is 0.663. The van der Waals surface area contributed by atoms with Gasteiger partial charge in [-0.1, -0.05) is 0 Å². The van der Waals surface area contributed by atoms with Crippen molar-refractivity contribution in [1.82, 2.24) is 9.55 Å². The van der Waals surface area contributed by atoms with Gasteiger partial charge in [-0.3, -0.25) is 4.79 Å². The Morgan fingerprint density at radius 2 is 2.31 bits per heavy atom. The summed E-state index contributed by atoms with van der Waals surface area (Å²) >= 11 is 0. The van der Waals surface area contributed by atoms with Crippen LogP contribution < -0.4 is 10.9 Å². The molecule has 0 aliphatic rings. The maximum Gasteiger partial charge on any atom is 0.251 e. The van der Waals surface area contributed by atoms with Crippen LogP contribution >= 0.6 is 0 Å². The molecule has 0 spiro atoms. The number of rotatable bonds is 3. The van der Waals surface area contributed by atoms with Gasteiger partial charge in [-0.2, -0.15) is 0 Å². The number of hydrogen-bond acceptors (Lipinski definition) is 4. The molecule has 84 valence electrons. The monoisotopic (exact) mass is 219 g/mol. The minimum Gasteiger partial charge on any atom is -0.395 e. The number of hydrogen-bond donors (Lipinski definition) is 2. The van der Waals surface area contributed by atoms with E-state index >= 15 is 0 Å². The van der Waals surface area contributed by atoms with Crippen LogP contribution in [0.2, 0.25) is 0 Å². The Balaban J connectivity index is 2.72. The molecule has 0 atom stereocenters. The summed E-state index contributed by atoms with van der Waals surface area (Å²) in [6, 6.07) is 5.02. The van der Waals surface area contributed by atoms with Crippen LogP contribution in [0.4, 0.5) is 5.82 Å². The Hall–Kier alpha value is -1.88. The standard InChI is InChI=1S/C11H13N3O2/c1-12-10-6-9-8(7-13-10)2-3-11(16)14(9)4-5-15/h2-3,6-7,15H,4-5H2,1H3,(H,12,13). The van der Waals surface area contributed by atoms with Gasteiger partial charge in [0, 0.05) is 37.3 Å². The van der Waals surface area contributed by atoms with Crippen LogP contribution in [-0.2, 0) is 6.54 Å². The van der Waals surface area contributed by atoms with E-state index in [0.29, 0.717) is 12.4 Å². The van der Waals surface area contributed by atoms with E-state index in [2.05, 4.69) is 10.3 Å². The van der Waals surface area contributed by atoms with E-state index in [4.69, 9.17) is 5.11 Å². The smallest absolute Gasteiger partial charge is 0.251 e. The first-order valence-corrected chi connectivity index (χ1v) is 5.04. The van der Waals surface area contributed by atoms with Crippen molar-refractivity contribution in [3.63, 3.8) is 0 Å². The van der Waals surface area contributed by atoms with Gasteiger partial charge in [-0.15, -0.1) is 0 Å². The summed E-state index contributed by atoms with van der Waals surface area (Å²) in [7, 11) is 1.77. The number of nitrogens with one attached hydrogen (secondary N) is 1. The van der Waals surface area contributed by atoms with E-state index in [1.807, 2.05) is 0 Å². The molecule has 2 aromatic heterocycles. The zero-order valence-corrected chi connectivity index (χ0v) is 8.97. The van der Waals surface area contributed by atoms with Gasteiger partial charge in [0.25, 0.3) is 5.56 Å². The first-order chi connectivity index (χ1) is 7.76. The van der Waals surface area contributed by atoms with Crippen molar-refractivity contribution < 1.29 is 5.11 Å². The second kappa shape index (κ2) is 4.32. The largest absolute Gasteiger partial charge is 0.395 e. The molecular weight excluding hydrogens is 206 g/mol. The summed E-state index contributed by atoms with van der Waals surface area (Å²) < 4.78 is 1.54. The predicted molar refractivity (Wildman–Crippen MR) is 62.6 cm³/mol. The maximum absolute atomic E-state index is 11.6. The van der Waals surface area contributed by atoms with Crippen LogP contribution in [0.3, 0.4) is 0 Å². The van der Waals surface area contributed by atoms with Crippen LogP contribution in [0.1, 0.15) is 0 Å². The highest BCUT2D eigenvalue weighted by molar-refractivity contribution is 5.80. The van der Waals surface area contributed by atoms with E-state index in [1.165, 1.54) is 10.6 Å². The van der Waals surface area contributed by atoms with Crippen molar-refractivity contribution in [2.75, 3.05) is 19.0 Å². The summed E-state index contributed by atoms with van der Waals surface area (Å²) in [5, 5.41) is 12.7. The molecular formula is C11H13N3O2. The lowest BCUT2D eigenvalue weighted by Crippen LogP contribution is -2.21. The maximum atomic E-state index is 11.6. The van der Waals surface area contributed by atoms with Gasteiger partial charge in [-0.25, -0.2) is 4.98 Å². The fraction of sp³-hybridized carbons (Fsp3) is 0.273. The van der Waals surface area contributed by atoms with E-state index < -0.39 is 0 Å². The molecule has 0 amide bonds. The number of aliphatic hydroxyl groups excluding tert-OH is 1. The first kappa shape index (κ1) is 10.6. The molecule has 0 aliphatic carbocycles. The van der Waals surface area contributed by atoms with Crippen molar-refractivity contribution in [2.24, 2.45) is 0 Å². The highest BCUT2D eigenvalue weighted by Gasteiger charge is 2.03. The molecule has 0 bridgehead atoms. The minimum absolute atomic E-state index is 0.0593. The lowest BCUT2D eigenvalue weighted by atomic mass is 10.2. The molecule has 5 heteroatoms. The molecule has 0 saturated carbocycles. The Kier molecular flexibility index (Phi) is 2.87. The van der Waals surface area contributed by atoms with E-state index in [1.54, 1.807) is 25.4 Å². The Morgan fingerprint density at radius 1 is 1.50 bits per heavy atom. The van der Waals surface area contributed by atoms with Gasteiger partial charge < -0.3 is 15.0 Å². The topological polar surface area (TPSA) is 67.2 Å². The van der Waals surface area contributed by atoms with Crippen LogP contribution in [0.15, 0.2) is 29.2 Å². The Bertz CT molecular complexity index is 563. The summed E-state index contributed by atoms with van der Waals surface area (Å²) in [4.78, 5) is 15.8. The third kappa shape index (κ3) is 1.77. The van der Waals surface area contributed by atoms with Gasteiger partial charge in [-0.05, 0) is 6.07 Å². The Labute approximate surface area is 92.4 Å². The number of anilines is 1. The second-order valence-corrected chi connectivity index (χ2v) is 3.43. The highest BCUT2D eigenvalue weighted by Crippen LogP contribution is 2.14. The zero-order chi connectivity index (χ0) is 11.5. The van der Waals surface area contributed by atoms with Crippen molar-refractivity contribution in [1.29, 1.82) is 0 Å². The lowest BCUT2D eigenvalue weighted by molar-refractivity contribution is 0.276. The van der Waals surface area contributed by atoms with E-state index in [9.17, 15) is 4.79 Å². The van der Waals surface area contributed by atoms with Crippen LogP contribution in [0.5, 0.6) is 0 Å². The number of aliphatic hydroxyl groups is 1. The number of fused-ring (bicyclic) bond motifs is 1. The molecule has 0 unspecified atom stereocenters. The molecule has 5 nitrogen and oxygen atoms in total. The molecule has 0 saturated heterocycles. The van der Waals surface area contributed by atoms with Gasteiger partial charge in [0.2, 0.25) is 0 Å². The van der Waals surface area contributed by atoms with E-state index in [-0.39, 0.29) is 12.2 Å². The van der Waals surface area contributed by atoms with Gasteiger partial charge in [0.05, 0.1) is 12.1 Å². The molecule has 0 radical (unpaired) electrons. The van der Waals surface area contributed by atoms with Crippen molar-refractivity contribution >= 4 is 16.7 Å². The van der Waals surface area contributed by atoms with Crippen LogP contribution in [0.25, 0.3) is 10.9 Å². The van der Waals surface area contributed by atoms with Crippen molar-refractivity contribution in [3.05, 3.63) is 34.7 Å². The predicted octanol–water partition coefficient (Wildman–Crippen LogP) is 0.430. The normalized spacial score (nSPS) is 10.6. The molecule has 2 rings (SSSR count). The van der Waals surface area contributed by atoms with Gasteiger partial charge >= 0.3 is 0 Å². The van der Waals surface area contributed by atoms with E-state index in [0.717, 1.165) is 10.9 Å². The molecule has 0 fully saturated rings. The molecule has 2 N–H and O–H groups in total. The summed E-state index contributed by atoms with van der Waals surface area (Å²) in [6.45, 7) is 0.236. The number of aromatic nitrogens is 2. The molecule has 2 aromatic rings. The molecule has 16 heavy (non-hydrogen) atoms. The SMILES string of the molecule is CNc1cc2c(ccc(=O)n2CCO)cn1. The zero-order valence-electron chi connectivity index (χ0n) is 8.97. The average Bonchev–Trinajstić information content (AvgIpc) is 2.32. The third-order valence-electron chi connectivity index (χ3n) is 2.45. The van der Waals surface area contributed by atoms with Crippen molar-refractivity contribution in [3.8, 4) is 0 Å².